The first-order chi connectivity index (χ1) is 7.41. The second kappa shape index (κ2) is 3.27. The average molecular weight is 198 g/mol. The molecule has 1 aromatic rings. The van der Waals surface area contributed by atoms with Crippen molar-refractivity contribution in [3.05, 3.63) is 54.1 Å². The van der Waals surface area contributed by atoms with Crippen LogP contribution in [0.3, 0.4) is 0 Å². The van der Waals surface area contributed by atoms with Crippen molar-refractivity contribution >= 4 is 0 Å². The fraction of sp³-hybridized carbons (Fsp3) is 0.286. The number of para-hydroxylation sites is 1. The molecule has 1 aliphatic carbocycles. The summed E-state index contributed by atoms with van der Waals surface area (Å²) < 4.78 is 5.68. The van der Waals surface area contributed by atoms with Crippen LogP contribution in [-0.4, -0.2) is 6.61 Å². The number of hydrogen-bond acceptors (Lipinski definition) is 1. The van der Waals surface area contributed by atoms with Crippen LogP contribution in [0.15, 0.2) is 48.6 Å². The Morgan fingerprint density at radius 1 is 1.07 bits per heavy atom. The van der Waals surface area contributed by atoms with Gasteiger partial charge in [-0.1, -0.05) is 42.5 Å². The molecule has 2 aliphatic rings. The summed E-state index contributed by atoms with van der Waals surface area (Å²) in [5.41, 5.74) is 1.41. The second-order valence-electron chi connectivity index (χ2n) is 4.18. The zero-order valence-electron chi connectivity index (χ0n) is 8.65. The third-order valence-electron chi connectivity index (χ3n) is 3.26. The number of allylic oxidation sites excluding steroid dienone is 4. The number of fused-ring (bicyclic) bond motifs is 2. The van der Waals surface area contributed by atoms with E-state index in [0.29, 0.717) is 0 Å². The minimum absolute atomic E-state index is 0.104. The van der Waals surface area contributed by atoms with Gasteiger partial charge in [-0.05, 0) is 18.9 Å². The van der Waals surface area contributed by atoms with Crippen molar-refractivity contribution in [3.63, 3.8) is 0 Å². The summed E-state index contributed by atoms with van der Waals surface area (Å²) in [4.78, 5) is 0. The van der Waals surface area contributed by atoms with Crippen LogP contribution >= 0.6 is 0 Å². The fourth-order valence-electron chi connectivity index (χ4n) is 2.48. The van der Waals surface area contributed by atoms with Gasteiger partial charge < -0.3 is 4.74 Å². The highest BCUT2D eigenvalue weighted by molar-refractivity contribution is 5.48. The van der Waals surface area contributed by atoms with Gasteiger partial charge in [-0.3, -0.25) is 0 Å². The van der Waals surface area contributed by atoms with Crippen LogP contribution in [0.2, 0.25) is 0 Å². The molecule has 1 heterocycles. The minimum atomic E-state index is 0.104. The van der Waals surface area contributed by atoms with Gasteiger partial charge in [0.2, 0.25) is 0 Å². The molecular weight excluding hydrogens is 184 g/mol. The highest BCUT2D eigenvalue weighted by Crippen LogP contribution is 2.42. The lowest BCUT2D eigenvalue weighted by atomic mass is 9.74. The number of ether oxygens (including phenoxy) is 1. The molecule has 1 spiro atoms. The predicted molar refractivity (Wildman–Crippen MR) is 61.1 cm³/mol. The molecule has 0 saturated carbocycles. The lowest BCUT2D eigenvalue weighted by Gasteiger charge is -2.35. The third-order valence-corrected chi connectivity index (χ3v) is 3.26. The van der Waals surface area contributed by atoms with Crippen LogP contribution in [0.25, 0.3) is 0 Å². The van der Waals surface area contributed by atoms with Gasteiger partial charge in [0.1, 0.15) is 5.75 Å². The molecule has 0 atom stereocenters. The Balaban J connectivity index is 2.16. The Labute approximate surface area is 90.1 Å². The first-order valence-electron chi connectivity index (χ1n) is 5.48. The van der Waals surface area contributed by atoms with E-state index < -0.39 is 0 Å². The highest BCUT2D eigenvalue weighted by atomic mass is 16.5. The van der Waals surface area contributed by atoms with Crippen LogP contribution < -0.4 is 4.74 Å². The van der Waals surface area contributed by atoms with Crippen molar-refractivity contribution in [3.8, 4) is 5.75 Å². The molecule has 0 radical (unpaired) electrons. The van der Waals surface area contributed by atoms with Gasteiger partial charge in [-0.15, -0.1) is 0 Å². The summed E-state index contributed by atoms with van der Waals surface area (Å²) in [6.45, 7) is 0.811. The smallest absolute Gasteiger partial charge is 0.123 e. The maximum absolute atomic E-state index is 5.68. The van der Waals surface area contributed by atoms with Crippen molar-refractivity contribution in [2.45, 2.75) is 18.3 Å². The largest absolute Gasteiger partial charge is 0.493 e. The fourth-order valence-corrected chi connectivity index (χ4v) is 2.48. The molecule has 0 unspecified atom stereocenters. The summed E-state index contributed by atoms with van der Waals surface area (Å²) in [6.07, 6.45) is 11.3. The Hall–Kier alpha value is -1.50. The van der Waals surface area contributed by atoms with E-state index >= 15 is 0 Å². The number of hydrogen-bond donors (Lipinski definition) is 0. The van der Waals surface area contributed by atoms with Crippen LogP contribution in [0, 0.1) is 0 Å². The van der Waals surface area contributed by atoms with Crippen molar-refractivity contribution in [2.75, 3.05) is 6.61 Å². The Morgan fingerprint density at radius 2 is 1.87 bits per heavy atom. The molecule has 0 amide bonds. The third kappa shape index (κ3) is 1.30. The van der Waals surface area contributed by atoms with Gasteiger partial charge in [-0.25, -0.2) is 0 Å². The van der Waals surface area contributed by atoms with Crippen molar-refractivity contribution in [1.29, 1.82) is 0 Å². The van der Waals surface area contributed by atoms with E-state index in [1.165, 1.54) is 5.56 Å². The maximum Gasteiger partial charge on any atom is 0.123 e. The molecule has 3 rings (SSSR count). The lowest BCUT2D eigenvalue weighted by Crippen LogP contribution is -2.29. The van der Waals surface area contributed by atoms with Crippen LogP contribution in [0.4, 0.5) is 0 Å². The Morgan fingerprint density at radius 3 is 2.73 bits per heavy atom. The van der Waals surface area contributed by atoms with Crippen LogP contribution in [0.5, 0.6) is 5.75 Å². The Kier molecular flexibility index (Phi) is 1.91. The average Bonchev–Trinajstić information content (AvgIpc) is 2.31. The van der Waals surface area contributed by atoms with E-state index in [9.17, 15) is 0 Å². The lowest BCUT2D eigenvalue weighted by molar-refractivity contribution is 0.257. The van der Waals surface area contributed by atoms with Crippen molar-refractivity contribution in [1.82, 2.24) is 0 Å². The molecule has 1 aromatic carbocycles. The van der Waals surface area contributed by atoms with E-state index in [2.05, 4.69) is 42.5 Å². The molecule has 0 fully saturated rings. The van der Waals surface area contributed by atoms with E-state index in [1.807, 2.05) is 6.07 Å². The maximum atomic E-state index is 5.68. The van der Waals surface area contributed by atoms with E-state index in [0.717, 1.165) is 25.2 Å². The molecule has 1 aliphatic heterocycles. The highest BCUT2D eigenvalue weighted by Gasteiger charge is 2.33. The monoisotopic (exact) mass is 198 g/mol. The van der Waals surface area contributed by atoms with Crippen molar-refractivity contribution < 1.29 is 4.74 Å². The van der Waals surface area contributed by atoms with Gasteiger partial charge in [0.25, 0.3) is 0 Å². The van der Waals surface area contributed by atoms with Crippen molar-refractivity contribution in [2.24, 2.45) is 0 Å². The number of benzene rings is 1. The molecule has 1 heteroatoms. The van der Waals surface area contributed by atoms with Gasteiger partial charge in [-0.2, -0.15) is 0 Å². The van der Waals surface area contributed by atoms with Gasteiger partial charge in [0.15, 0.2) is 0 Å². The topological polar surface area (TPSA) is 9.23 Å². The Bertz CT molecular complexity index is 417. The van der Waals surface area contributed by atoms with Gasteiger partial charge in [0, 0.05) is 11.0 Å². The van der Waals surface area contributed by atoms with Crippen LogP contribution in [0.1, 0.15) is 18.4 Å². The van der Waals surface area contributed by atoms with Crippen LogP contribution in [-0.2, 0) is 5.41 Å². The molecule has 0 bridgehead atoms. The summed E-state index contributed by atoms with van der Waals surface area (Å²) in [5, 5.41) is 0. The summed E-state index contributed by atoms with van der Waals surface area (Å²) >= 11 is 0. The summed E-state index contributed by atoms with van der Waals surface area (Å²) in [7, 11) is 0. The molecule has 1 nitrogen and oxygen atoms in total. The molecule has 76 valence electrons. The predicted octanol–water partition coefficient (Wildman–Crippen LogP) is 3.22. The van der Waals surface area contributed by atoms with E-state index in [4.69, 9.17) is 4.74 Å². The first kappa shape index (κ1) is 8.78. The minimum Gasteiger partial charge on any atom is -0.493 e. The standard InChI is InChI=1S/C14H14O/c1-4-8-14(9-5-1)10-11-15-13-7-3-2-6-12(13)14/h2-9H,1,10-11H2. The first-order valence-corrected chi connectivity index (χ1v) is 5.48. The zero-order valence-corrected chi connectivity index (χ0v) is 8.65. The summed E-state index contributed by atoms with van der Waals surface area (Å²) in [6, 6.07) is 8.36. The van der Waals surface area contributed by atoms with Gasteiger partial charge in [0.05, 0.1) is 6.61 Å². The quantitative estimate of drug-likeness (QED) is 0.581. The molecule has 15 heavy (non-hydrogen) atoms. The van der Waals surface area contributed by atoms with Gasteiger partial charge >= 0.3 is 0 Å². The second-order valence-corrected chi connectivity index (χ2v) is 4.18. The molecular formula is C14H14O. The zero-order chi connectivity index (χ0) is 10.1. The van der Waals surface area contributed by atoms with E-state index in [1.54, 1.807) is 0 Å². The molecule has 0 aromatic heterocycles. The number of rotatable bonds is 0. The molecule has 0 saturated heterocycles. The SMILES string of the molecule is C1=CC2(C=CC1)CCOc1ccccc12. The normalized spacial score (nSPS) is 21.1. The summed E-state index contributed by atoms with van der Waals surface area (Å²) in [5.74, 6) is 1.04. The molecule has 0 N–H and O–H groups in total. The van der Waals surface area contributed by atoms with E-state index in [-0.39, 0.29) is 5.41 Å².